The largest absolute Gasteiger partial charge is 0.480 e. The minimum atomic E-state index is -0.928. The van der Waals surface area contributed by atoms with Gasteiger partial charge in [0.25, 0.3) is 0 Å². The Kier molecular flexibility index (Phi) is 10.5. The van der Waals surface area contributed by atoms with Crippen molar-refractivity contribution in [3.63, 3.8) is 0 Å². The second-order valence-electron chi connectivity index (χ2n) is 1.93. The van der Waals surface area contributed by atoms with E-state index < -0.39 is 12.0 Å². The maximum Gasteiger partial charge on any atom is 0.320 e. The van der Waals surface area contributed by atoms with Crippen molar-refractivity contribution in [1.29, 1.82) is 0 Å². The van der Waals surface area contributed by atoms with Gasteiger partial charge in [-0.1, -0.05) is 13.8 Å². The number of carbonyl (C=O) groups is 2. The monoisotopic (exact) mass is 161 g/mol. The smallest absolute Gasteiger partial charge is 0.320 e. The molecular formula is C7H15NO3. The van der Waals surface area contributed by atoms with Crippen molar-refractivity contribution in [2.75, 3.05) is 0 Å². The zero-order valence-corrected chi connectivity index (χ0v) is 6.91. The van der Waals surface area contributed by atoms with Gasteiger partial charge in [0.05, 0.1) is 0 Å². The first-order chi connectivity index (χ1) is 5.09. The lowest BCUT2D eigenvalue weighted by atomic mass is 10.2. The minimum absolute atomic E-state index is 0.495. The molecule has 0 rings (SSSR count). The van der Waals surface area contributed by atoms with Gasteiger partial charge in [0.15, 0.2) is 0 Å². The van der Waals surface area contributed by atoms with Crippen LogP contribution in [0.2, 0.25) is 0 Å². The molecule has 1 atom stereocenters. The third-order valence-corrected chi connectivity index (χ3v) is 0.924. The van der Waals surface area contributed by atoms with Crippen LogP contribution in [-0.4, -0.2) is 23.4 Å². The van der Waals surface area contributed by atoms with E-state index in [0.717, 1.165) is 6.29 Å². The molecule has 0 aliphatic heterocycles. The second-order valence-corrected chi connectivity index (χ2v) is 1.93. The molecule has 0 aliphatic rings. The van der Waals surface area contributed by atoms with Crippen molar-refractivity contribution < 1.29 is 14.7 Å². The summed E-state index contributed by atoms with van der Waals surface area (Å²) >= 11 is 0. The van der Waals surface area contributed by atoms with Crippen molar-refractivity contribution in [2.45, 2.75) is 32.7 Å². The first-order valence-corrected chi connectivity index (χ1v) is 3.52. The molecule has 3 N–H and O–H groups in total. The Morgan fingerprint density at radius 1 is 1.64 bits per heavy atom. The number of hydrogen-bond donors (Lipinski definition) is 2. The average Bonchev–Trinajstić information content (AvgIpc) is 2.03. The molecule has 0 aromatic heterocycles. The molecule has 0 fully saturated rings. The highest BCUT2D eigenvalue weighted by Crippen LogP contribution is 1.82. The molecule has 66 valence electrons. The van der Waals surface area contributed by atoms with Crippen LogP contribution in [0.25, 0.3) is 0 Å². The zero-order chi connectivity index (χ0) is 9.28. The van der Waals surface area contributed by atoms with Crippen molar-refractivity contribution in [3.8, 4) is 0 Å². The lowest BCUT2D eigenvalue weighted by molar-refractivity contribution is -0.138. The van der Waals surface area contributed by atoms with E-state index in [1.807, 2.05) is 6.92 Å². The highest BCUT2D eigenvalue weighted by Gasteiger charge is 2.05. The van der Waals surface area contributed by atoms with Crippen LogP contribution in [0.15, 0.2) is 0 Å². The Morgan fingerprint density at radius 3 is 2.00 bits per heavy atom. The predicted octanol–water partition coefficient (Wildman–Crippen LogP) is 0.404. The maximum atomic E-state index is 9.81. The maximum absolute atomic E-state index is 9.81. The van der Waals surface area contributed by atoms with E-state index in [1.54, 1.807) is 6.92 Å². The SMILES string of the molecule is CCC(N)C(=O)O.CCC=O. The van der Waals surface area contributed by atoms with Gasteiger partial charge in [-0.2, -0.15) is 0 Å². The molecular weight excluding hydrogens is 146 g/mol. The summed E-state index contributed by atoms with van der Waals surface area (Å²) in [5.74, 6) is -0.928. The standard InChI is InChI=1S/C4H9NO2.C3H6O/c1-2-3(5)4(6)7;1-2-3-4/h3H,2,5H2,1H3,(H,6,7);3H,2H2,1H3. The van der Waals surface area contributed by atoms with E-state index in [-0.39, 0.29) is 0 Å². The fourth-order valence-corrected chi connectivity index (χ4v) is 0.175. The average molecular weight is 161 g/mol. The Morgan fingerprint density at radius 2 is 2.00 bits per heavy atom. The first kappa shape index (κ1) is 12.7. The fraction of sp³-hybridized carbons (Fsp3) is 0.714. The van der Waals surface area contributed by atoms with E-state index in [4.69, 9.17) is 10.8 Å². The van der Waals surface area contributed by atoms with Crippen molar-refractivity contribution in [1.82, 2.24) is 0 Å². The molecule has 0 radical (unpaired) electrons. The van der Waals surface area contributed by atoms with Crippen LogP contribution in [0, 0.1) is 0 Å². The molecule has 0 heterocycles. The molecule has 0 aromatic rings. The molecule has 1 unspecified atom stereocenters. The number of carboxylic acids is 1. The summed E-state index contributed by atoms with van der Waals surface area (Å²) < 4.78 is 0. The van der Waals surface area contributed by atoms with Crippen LogP contribution in [0.3, 0.4) is 0 Å². The topological polar surface area (TPSA) is 80.4 Å². The van der Waals surface area contributed by atoms with Gasteiger partial charge in [-0.3, -0.25) is 4.79 Å². The Hall–Kier alpha value is -0.900. The van der Waals surface area contributed by atoms with Gasteiger partial charge in [0.2, 0.25) is 0 Å². The molecule has 11 heavy (non-hydrogen) atoms. The number of hydrogen-bond acceptors (Lipinski definition) is 3. The third-order valence-electron chi connectivity index (χ3n) is 0.924. The Bertz CT molecular complexity index is 114. The number of nitrogens with two attached hydrogens (primary N) is 1. The summed E-state index contributed by atoms with van der Waals surface area (Å²) in [6, 6.07) is -0.681. The number of carboxylic acid groups (broad SMARTS) is 1. The normalized spacial score (nSPS) is 10.8. The quantitative estimate of drug-likeness (QED) is 0.587. The van der Waals surface area contributed by atoms with Crippen LogP contribution in [0.5, 0.6) is 0 Å². The highest BCUT2D eigenvalue weighted by atomic mass is 16.4. The van der Waals surface area contributed by atoms with Gasteiger partial charge in [0.1, 0.15) is 12.3 Å². The van der Waals surface area contributed by atoms with E-state index in [2.05, 4.69) is 0 Å². The molecule has 4 heteroatoms. The molecule has 4 nitrogen and oxygen atoms in total. The molecule has 0 aromatic carbocycles. The van der Waals surface area contributed by atoms with Gasteiger partial charge >= 0.3 is 5.97 Å². The van der Waals surface area contributed by atoms with Gasteiger partial charge in [-0.15, -0.1) is 0 Å². The predicted molar refractivity (Wildman–Crippen MR) is 42.3 cm³/mol. The number of carbonyl (C=O) groups excluding carboxylic acids is 1. The molecule has 0 bridgehead atoms. The fourth-order valence-electron chi connectivity index (χ4n) is 0.175. The summed E-state index contributed by atoms with van der Waals surface area (Å²) in [6.07, 6.45) is 2.01. The second kappa shape index (κ2) is 9.10. The third kappa shape index (κ3) is 12.3. The minimum Gasteiger partial charge on any atom is -0.480 e. The van der Waals surface area contributed by atoms with Crippen molar-refractivity contribution in [2.24, 2.45) is 5.73 Å². The van der Waals surface area contributed by atoms with Gasteiger partial charge in [-0.25, -0.2) is 0 Å². The van der Waals surface area contributed by atoms with Gasteiger partial charge < -0.3 is 15.6 Å². The van der Waals surface area contributed by atoms with Crippen molar-refractivity contribution >= 4 is 12.3 Å². The van der Waals surface area contributed by atoms with E-state index in [1.165, 1.54) is 0 Å². The summed E-state index contributed by atoms with van der Waals surface area (Å²) in [7, 11) is 0. The summed E-state index contributed by atoms with van der Waals surface area (Å²) in [6.45, 7) is 3.55. The van der Waals surface area contributed by atoms with Crippen LogP contribution >= 0.6 is 0 Å². The van der Waals surface area contributed by atoms with E-state index in [0.29, 0.717) is 12.8 Å². The number of aldehydes is 1. The zero-order valence-electron chi connectivity index (χ0n) is 6.91. The Labute approximate surface area is 66.4 Å². The molecule has 0 spiro atoms. The first-order valence-electron chi connectivity index (χ1n) is 3.52. The van der Waals surface area contributed by atoms with Crippen LogP contribution in [0.4, 0.5) is 0 Å². The summed E-state index contributed by atoms with van der Waals surface area (Å²) in [5, 5.41) is 8.06. The summed E-state index contributed by atoms with van der Waals surface area (Å²) in [4.78, 5) is 19.0. The van der Waals surface area contributed by atoms with Crippen LogP contribution in [-0.2, 0) is 9.59 Å². The lowest BCUT2D eigenvalue weighted by Gasteiger charge is -1.97. The van der Waals surface area contributed by atoms with Crippen LogP contribution < -0.4 is 5.73 Å². The molecule has 0 aliphatic carbocycles. The van der Waals surface area contributed by atoms with Crippen LogP contribution in [0.1, 0.15) is 26.7 Å². The molecule has 0 saturated carbocycles. The van der Waals surface area contributed by atoms with Crippen molar-refractivity contribution in [3.05, 3.63) is 0 Å². The summed E-state index contributed by atoms with van der Waals surface area (Å²) in [5.41, 5.74) is 5.02. The number of rotatable bonds is 3. The number of aliphatic carboxylic acids is 1. The van der Waals surface area contributed by atoms with Gasteiger partial charge in [0, 0.05) is 6.42 Å². The molecule has 0 saturated heterocycles. The van der Waals surface area contributed by atoms with E-state index in [9.17, 15) is 9.59 Å². The highest BCUT2D eigenvalue weighted by molar-refractivity contribution is 5.72. The molecule has 0 amide bonds. The lowest BCUT2D eigenvalue weighted by Crippen LogP contribution is -2.28. The van der Waals surface area contributed by atoms with E-state index >= 15 is 0 Å². The Balaban J connectivity index is 0. The van der Waals surface area contributed by atoms with Gasteiger partial charge in [-0.05, 0) is 6.42 Å².